The monoisotopic (exact) mass is 290 g/mol. The molecule has 1 fully saturated rings. The Balaban J connectivity index is 1.89. The van der Waals surface area contributed by atoms with E-state index in [0.29, 0.717) is 19.1 Å². The van der Waals surface area contributed by atoms with Gasteiger partial charge in [0.05, 0.1) is 6.61 Å². The van der Waals surface area contributed by atoms with E-state index in [2.05, 4.69) is 5.32 Å². The van der Waals surface area contributed by atoms with Crippen LogP contribution in [0.3, 0.4) is 0 Å². The van der Waals surface area contributed by atoms with E-state index in [9.17, 15) is 4.79 Å². The van der Waals surface area contributed by atoms with Crippen molar-refractivity contribution in [2.75, 3.05) is 26.7 Å². The molecule has 0 spiro atoms. The predicted molar refractivity (Wildman–Crippen MR) is 84.6 cm³/mol. The molecule has 0 bridgehead atoms. The number of aryl methyl sites for hydroxylation is 1. The van der Waals surface area contributed by atoms with Crippen LogP contribution in [-0.2, 0) is 11.2 Å². The predicted octanol–water partition coefficient (Wildman–Crippen LogP) is 2.23. The molecule has 2 rings (SSSR count). The molecular formula is C17H26N2O2. The number of piperidine rings is 1. The van der Waals surface area contributed by atoms with Crippen molar-refractivity contribution in [2.45, 2.75) is 38.6 Å². The fraction of sp³-hybridized carbons (Fsp3) is 0.588. The fourth-order valence-electron chi connectivity index (χ4n) is 2.85. The Morgan fingerprint density at radius 3 is 3.00 bits per heavy atom. The zero-order valence-corrected chi connectivity index (χ0v) is 13.1. The molecule has 21 heavy (non-hydrogen) atoms. The first-order valence-electron chi connectivity index (χ1n) is 7.90. The number of ether oxygens (including phenoxy) is 1. The summed E-state index contributed by atoms with van der Waals surface area (Å²) >= 11 is 0. The van der Waals surface area contributed by atoms with Crippen LogP contribution >= 0.6 is 0 Å². The summed E-state index contributed by atoms with van der Waals surface area (Å²) in [5.74, 6) is 1.15. The Morgan fingerprint density at radius 1 is 1.43 bits per heavy atom. The van der Waals surface area contributed by atoms with Gasteiger partial charge in [0.2, 0.25) is 5.91 Å². The second-order valence-electron chi connectivity index (χ2n) is 5.51. The number of nitrogens with zero attached hydrogens (tertiary/aromatic N) is 1. The lowest BCUT2D eigenvalue weighted by atomic mass is 10.0. The smallest absolute Gasteiger partial charge is 0.222 e. The molecule has 0 aliphatic carbocycles. The number of amides is 1. The van der Waals surface area contributed by atoms with Gasteiger partial charge < -0.3 is 15.0 Å². The van der Waals surface area contributed by atoms with Gasteiger partial charge in [-0.15, -0.1) is 0 Å². The number of likely N-dealkylation sites (tertiary alicyclic amines) is 1. The average Bonchev–Trinajstić information content (AvgIpc) is 2.54. The van der Waals surface area contributed by atoms with Crippen LogP contribution in [0.25, 0.3) is 0 Å². The Hall–Kier alpha value is -1.55. The van der Waals surface area contributed by atoms with Gasteiger partial charge in [-0.05, 0) is 44.9 Å². The Labute approximate surface area is 127 Å². The molecule has 1 aromatic carbocycles. The zero-order chi connectivity index (χ0) is 15.1. The molecule has 1 unspecified atom stereocenters. The molecule has 116 valence electrons. The maximum absolute atomic E-state index is 12.4. The van der Waals surface area contributed by atoms with E-state index in [4.69, 9.17) is 4.74 Å². The van der Waals surface area contributed by atoms with Crippen LogP contribution in [-0.4, -0.2) is 43.6 Å². The van der Waals surface area contributed by atoms with Crippen LogP contribution in [0.5, 0.6) is 5.75 Å². The van der Waals surface area contributed by atoms with Gasteiger partial charge in [-0.1, -0.05) is 18.2 Å². The zero-order valence-electron chi connectivity index (χ0n) is 13.1. The van der Waals surface area contributed by atoms with Gasteiger partial charge in [0.25, 0.3) is 0 Å². The normalized spacial score (nSPS) is 18.6. The molecule has 1 aliphatic heterocycles. The number of carbonyl (C=O) groups is 1. The lowest BCUT2D eigenvalue weighted by molar-refractivity contribution is -0.132. The number of rotatable bonds is 6. The highest BCUT2D eigenvalue weighted by atomic mass is 16.5. The molecule has 1 saturated heterocycles. The number of hydrogen-bond donors (Lipinski definition) is 1. The second kappa shape index (κ2) is 8.03. The van der Waals surface area contributed by atoms with Crippen molar-refractivity contribution in [3.8, 4) is 5.75 Å². The lowest BCUT2D eigenvalue weighted by Gasteiger charge is -2.32. The topological polar surface area (TPSA) is 41.6 Å². The largest absolute Gasteiger partial charge is 0.494 e. The summed E-state index contributed by atoms with van der Waals surface area (Å²) in [5.41, 5.74) is 1.12. The molecule has 1 aromatic rings. The van der Waals surface area contributed by atoms with Crippen LogP contribution < -0.4 is 10.1 Å². The molecule has 1 atom stereocenters. The van der Waals surface area contributed by atoms with E-state index >= 15 is 0 Å². The first kappa shape index (κ1) is 15.8. The maximum Gasteiger partial charge on any atom is 0.222 e. The number of hydrogen-bond acceptors (Lipinski definition) is 3. The van der Waals surface area contributed by atoms with Crippen LogP contribution in [0.4, 0.5) is 0 Å². The molecule has 1 amide bonds. The van der Waals surface area contributed by atoms with Crippen LogP contribution in [0.15, 0.2) is 24.3 Å². The van der Waals surface area contributed by atoms with Crippen molar-refractivity contribution in [1.29, 1.82) is 0 Å². The number of benzene rings is 1. The minimum absolute atomic E-state index is 0.251. The molecule has 1 heterocycles. The van der Waals surface area contributed by atoms with Crippen molar-refractivity contribution in [3.63, 3.8) is 0 Å². The van der Waals surface area contributed by atoms with Crippen molar-refractivity contribution in [2.24, 2.45) is 0 Å². The van der Waals surface area contributed by atoms with Crippen LogP contribution in [0, 0.1) is 0 Å². The highest BCUT2D eigenvalue weighted by molar-refractivity contribution is 5.76. The summed E-state index contributed by atoms with van der Waals surface area (Å²) in [4.78, 5) is 14.4. The van der Waals surface area contributed by atoms with E-state index in [-0.39, 0.29) is 5.91 Å². The first-order valence-corrected chi connectivity index (χ1v) is 7.90. The summed E-state index contributed by atoms with van der Waals surface area (Å²) < 4.78 is 5.61. The second-order valence-corrected chi connectivity index (χ2v) is 5.51. The SMILES string of the molecule is CCOc1ccccc1CCC(=O)N1CCCC(NC)C1. The molecule has 0 saturated carbocycles. The van der Waals surface area contributed by atoms with Crippen LogP contribution in [0.1, 0.15) is 31.7 Å². The number of likely N-dealkylation sites (N-methyl/N-ethyl adjacent to an activating group) is 1. The van der Waals surface area contributed by atoms with Gasteiger partial charge in [0, 0.05) is 25.6 Å². The Morgan fingerprint density at radius 2 is 2.24 bits per heavy atom. The highest BCUT2D eigenvalue weighted by Gasteiger charge is 2.22. The van der Waals surface area contributed by atoms with Gasteiger partial charge in [0.15, 0.2) is 0 Å². The molecule has 0 radical (unpaired) electrons. The first-order chi connectivity index (χ1) is 10.2. The summed E-state index contributed by atoms with van der Waals surface area (Å²) in [5, 5.41) is 3.27. The van der Waals surface area contributed by atoms with Gasteiger partial charge in [-0.3, -0.25) is 4.79 Å². The van der Waals surface area contributed by atoms with Gasteiger partial charge in [-0.25, -0.2) is 0 Å². The average molecular weight is 290 g/mol. The molecule has 4 heteroatoms. The maximum atomic E-state index is 12.4. The van der Waals surface area contributed by atoms with Crippen molar-refractivity contribution < 1.29 is 9.53 Å². The summed E-state index contributed by atoms with van der Waals surface area (Å²) in [6, 6.07) is 8.43. The molecule has 1 aliphatic rings. The Kier molecular flexibility index (Phi) is 6.05. The number of carbonyl (C=O) groups excluding carboxylic acids is 1. The van der Waals surface area contributed by atoms with Gasteiger partial charge in [0.1, 0.15) is 5.75 Å². The fourth-order valence-corrected chi connectivity index (χ4v) is 2.85. The van der Waals surface area contributed by atoms with Gasteiger partial charge in [-0.2, -0.15) is 0 Å². The minimum Gasteiger partial charge on any atom is -0.494 e. The standard InChI is InChI=1S/C17H26N2O2/c1-3-21-16-9-5-4-7-14(16)10-11-17(20)19-12-6-8-15(13-19)18-2/h4-5,7,9,15,18H,3,6,8,10-13H2,1-2H3. The van der Waals surface area contributed by atoms with Crippen molar-refractivity contribution >= 4 is 5.91 Å². The van der Waals surface area contributed by atoms with E-state index in [1.165, 1.54) is 0 Å². The number of para-hydroxylation sites is 1. The quantitative estimate of drug-likeness (QED) is 0.873. The Bertz CT molecular complexity index is 462. The van der Waals surface area contributed by atoms with E-state index in [1.54, 1.807) is 0 Å². The summed E-state index contributed by atoms with van der Waals surface area (Å²) in [7, 11) is 1.97. The molecule has 0 aromatic heterocycles. The third-order valence-electron chi connectivity index (χ3n) is 4.06. The third kappa shape index (κ3) is 4.46. The minimum atomic E-state index is 0.251. The number of nitrogens with one attached hydrogen (secondary N) is 1. The molecule has 4 nitrogen and oxygen atoms in total. The van der Waals surface area contributed by atoms with Gasteiger partial charge >= 0.3 is 0 Å². The van der Waals surface area contributed by atoms with E-state index in [1.807, 2.05) is 43.1 Å². The van der Waals surface area contributed by atoms with Crippen molar-refractivity contribution in [1.82, 2.24) is 10.2 Å². The van der Waals surface area contributed by atoms with Crippen LogP contribution in [0.2, 0.25) is 0 Å². The lowest BCUT2D eigenvalue weighted by Crippen LogP contribution is -2.47. The van der Waals surface area contributed by atoms with E-state index in [0.717, 1.165) is 43.7 Å². The van der Waals surface area contributed by atoms with E-state index < -0.39 is 0 Å². The summed E-state index contributed by atoms with van der Waals surface area (Å²) in [6.45, 7) is 4.36. The molecule has 1 N–H and O–H groups in total. The summed E-state index contributed by atoms with van der Waals surface area (Å²) in [6.07, 6.45) is 3.55. The molecular weight excluding hydrogens is 264 g/mol. The highest BCUT2D eigenvalue weighted by Crippen LogP contribution is 2.20. The third-order valence-corrected chi connectivity index (χ3v) is 4.06. The van der Waals surface area contributed by atoms with Crippen molar-refractivity contribution in [3.05, 3.63) is 29.8 Å².